The first kappa shape index (κ1) is 22.0. The molecule has 33 heavy (non-hydrogen) atoms. The number of carbonyl (C=O) groups is 1. The van der Waals surface area contributed by atoms with Gasteiger partial charge in [-0.05, 0) is 6.07 Å². The number of anilines is 1. The Bertz CT molecular complexity index is 1140. The summed E-state index contributed by atoms with van der Waals surface area (Å²) in [5, 5.41) is 26.9. The van der Waals surface area contributed by atoms with Gasteiger partial charge < -0.3 is 30.1 Å². The number of carboxylic acids is 1. The molecule has 12 nitrogen and oxygen atoms in total. The first-order chi connectivity index (χ1) is 15.9. The van der Waals surface area contributed by atoms with E-state index in [0.717, 1.165) is 11.4 Å². The van der Waals surface area contributed by atoms with Crippen LogP contribution in [-0.4, -0.2) is 71.8 Å². The molecule has 4 rings (SSSR count). The van der Waals surface area contributed by atoms with Crippen LogP contribution in [0.5, 0.6) is 5.75 Å². The second-order valence-electron chi connectivity index (χ2n) is 7.29. The van der Waals surface area contributed by atoms with Crippen LogP contribution in [0.1, 0.15) is 15.9 Å². The number of non-ortho nitro benzene ring substituents is 1. The normalized spacial score (nSPS) is 16.0. The Hall–Kier alpha value is -4.19. The number of ether oxygens (including phenoxy) is 2. The minimum absolute atomic E-state index is 0.0814. The van der Waals surface area contributed by atoms with Gasteiger partial charge in [0.25, 0.3) is 5.69 Å². The van der Waals surface area contributed by atoms with Crippen LogP contribution < -0.4 is 15.4 Å². The van der Waals surface area contributed by atoms with E-state index in [4.69, 9.17) is 9.47 Å². The van der Waals surface area contributed by atoms with Crippen LogP contribution in [-0.2, 0) is 4.74 Å². The number of hydrogen-bond acceptors (Lipinski definition) is 10. The molecule has 0 atom stereocenters. The molecule has 3 heterocycles. The summed E-state index contributed by atoms with van der Waals surface area (Å²) < 4.78 is 10.6. The maximum Gasteiger partial charge on any atom is 0.337 e. The third kappa shape index (κ3) is 5.01. The number of nitro groups is 1. The Morgan fingerprint density at radius 2 is 2.06 bits per heavy atom. The average molecular weight is 454 g/mol. The highest BCUT2D eigenvalue weighted by molar-refractivity contribution is 5.98. The van der Waals surface area contributed by atoms with Crippen molar-refractivity contribution in [3.8, 4) is 5.75 Å². The van der Waals surface area contributed by atoms with Crippen LogP contribution in [0.3, 0.4) is 0 Å². The summed E-state index contributed by atoms with van der Waals surface area (Å²) in [6, 6.07) is 5.92. The van der Waals surface area contributed by atoms with E-state index in [0.29, 0.717) is 49.3 Å². The second kappa shape index (κ2) is 9.53. The van der Waals surface area contributed by atoms with Crippen molar-refractivity contribution in [2.45, 2.75) is 0 Å². The number of morpholine rings is 1. The SMILES string of the molecule is COc1cc(NC2=NCC(c3cncc(C(=O)O)c3)=C(N3CCOCC3)N2)cc([N+](=O)[O-])c1. The van der Waals surface area contributed by atoms with Gasteiger partial charge in [-0.2, -0.15) is 0 Å². The van der Waals surface area contributed by atoms with Gasteiger partial charge >= 0.3 is 5.97 Å². The predicted octanol–water partition coefficient (Wildman–Crippen LogP) is 1.77. The fraction of sp³-hybridized carbons (Fsp3) is 0.286. The number of guanidine groups is 1. The molecular weight excluding hydrogens is 432 g/mol. The maximum absolute atomic E-state index is 11.4. The van der Waals surface area contributed by atoms with Crippen molar-refractivity contribution in [2.75, 3.05) is 45.3 Å². The fourth-order valence-corrected chi connectivity index (χ4v) is 3.55. The number of carboxylic acid groups (broad SMARTS) is 1. The fourth-order valence-electron chi connectivity index (χ4n) is 3.55. The van der Waals surface area contributed by atoms with Crippen molar-refractivity contribution in [3.05, 3.63) is 63.7 Å². The van der Waals surface area contributed by atoms with Crippen LogP contribution >= 0.6 is 0 Å². The molecule has 1 aromatic heterocycles. The minimum atomic E-state index is -1.06. The molecule has 0 saturated carbocycles. The van der Waals surface area contributed by atoms with E-state index in [-0.39, 0.29) is 17.8 Å². The predicted molar refractivity (Wildman–Crippen MR) is 119 cm³/mol. The molecule has 2 aromatic rings. The van der Waals surface area contributed by atoms with E-state index in [1.165, 1.54) is 25.4 Å². The van der Waals surface area contributed by atoms with Crippen molar-refractivity contribution in [1.82, 2.24) is 15.2 Å². The quantitative estimate of drug-likeness (QED) is 0.435. The molecule has 0 radical (unpaired) electrons. The largest absolute Gasteiger partial charge is 0.496 e. The highest BCUT2D eigenvalue weighted by atomic mass is 16.6. The van der Waals surface area contributed by atoms with E-state index in [2.05, 4.69) is 25.5 Å². The van der Waals surface area contributed by atoms with Gasteiger partial charge in [0.05, 0.1) is 49.1 Å². The van der Waals surface area contributed by atoms with Gasteiger partial charge in [-0.1, -0.05) is 0 Å². The lowest BCUT2D eigenvalue weighted by molar-refractivity contribution is -0.384. The Morgan fingerprint density at radius 1 is 1.27 bits per heavy atom. The Morgan fingerprint density at radius 3 is 2.76 bits per heavy atom. The van der Waals surface area contributed by atoms with Crippen LogP contribution in [0.25, 0.3) is 5.57 Å². The molecular formula is C21H22N6O6. The topological polar surface area (TPSA) is 151 Å². The summed E-state index contributed by atoms with van der Waals surface area (Å²) in [7, 11) is 1.43. The zero-order valence-corrected chi connectivity index (χ0v) is 17.8. The number of aromatic nitrogens is 1. The Kier molecular flexibility index (Phi) is 6.36. The van der Waals surface area contributed by atoms with E-state index in [1.807, 2.05) is 0 Å². The third-order valence-corrected chi connectivity index (χ3v) is 5.18. The van der Waals surface area contributed by atoms with Gasteiger partial charge in [-0.15, -0.1) is 0 Å². The highest BCUT2D eigenvalue weighted by Crippen LogP contribution is 2.28. The first-order valence-corrected chi connectivity index (χ1v) is 10.1. The van der Waals surface area contributed by atoms with Gasteiger partial charge in [-0.25, -0.2) is 9.79 Å². The summed E-state index contributed by atoms with van der Waals surface area (Å²) in [5.41, 5.74) is 1.83. The second-order valence-corrected chi connectivity index (χ2v) is 7.29. The maximum atomic E-state index is 11.4. The smallest absolute Gasteiger partial charge is 0.337 e. The average Bonchev–Trinajstić information content (AvgIpc) is 2.84. The van der Waals surface area contributed by atoms with E-state index in [1.54, 1.807) is 18.3 Å². The molecule has 0 bridgehead atoms. The monoisotopic (exact) mass is 454 g/mol. The molecule has 1 fully saturated rings. The molecule has 0 spiro atoms. The van der Waals surface area contributed by atoms with E-state index in [9.17, 15) is 20.0 Å². The van der Waals surface area contributed by atoms with Gasteiger partial charge in [0, 0.05) is 48.8 Å². The summed E-state index contributed by atoms with van der Waals surface area (Å²) in [5.74, 6) is 0.416. The molecule has 1 saturated heterocycles. The van der Waals surface area contributed by atoms with Crippen LogP contribution in [0.15, 0.2) is 47.5 Å². The molecule has 0 amide bonds. The van der Waals surface area contributed by atoms with Crippen molar-refractivity contribution in [3.63, 3.8) is 0 Å². The number of benzene rings is 1. The van der Waals surface area contributed by atoms with Crippen LogP contribution in [0.4, 0.5) is 11.4 Å². The van der Waals surface area contributed by atoms with Crippen molar-refractivity contribution >= 4 is 28.9 Å². The summed E-state index contributed by atoms with van der Waals surface area (Å²) >= 11 is 0. The highest BCUT2D eigenvalue weighted by Gasteiger charge is 2.24. The molecule has 1 aromatic carbocycles. The number of hydrogen-bond donors (Lipinski definition) is 3. The van der Waals surface area contributed by atoms with Crippen LogP contribution in [0, 0.1) is 10.1 Å². The number of nitrogens with zero attached hydrogens (tertiary/aromatic N) is 4. The van der Waals surface area contributed by atoms with Crippen molar-refractivity contribution < 1.29 is 24.3 Å². The number of aliphatic imine (C=N–C) groups is 1. The summed E-state index contributed by atoms with van der Waals surface area (Å²) in [6.45, 7) is 2.62. The Labute approximate surface area is 188 Å². The van der Waals surface area contributed by atoms with Gasteiger partial charge in [0.1, 0.15) is 11.6 Å². The van der Waals surface area contributed by atoms with Crippen molar-refractivity contribution in [1.29, 1.82) is 0 Å². The summed E-state index contributed by atoms with van der Waals surface area (Å²) in [6.07, 6.45) is 2.90. The molecule has 2 aliphatic rings. The number of nitro benzene ring substituents is 1. The lowest BCUT2D eigenvalue weighted by Gasteiger charge is -2.35. The van der Waals surface area contributed by atoms with Crippen LogP contribution in [0.2, 0.25) is 0 Å². The molecule has 172 valence electrons. The lowest BCUT2D eigenvalue weighted by atomic mass is 10.0. The number of pyridine rings is 1. The van der Waals surface area contributed by atoms with E-state index >= 15 is 0 Å². The van der Waals surface area contributed by atoms with E-state index < -0.39 is 10.9 Å². The zero-order valence-electron chi connectivity index (χ0n) is 17.8. The number of rotatable bonds is 6. The van der Waals surface area contributed by atoms with Gasteiger partial charge in [0.2, 0.25) is 5.96 Å². The number of nitrogens with one attached hydrogen (secondary N) is 2. The zero-order chi connectivity index (χ0) is 23.4. The third-order valence-electron chi connectivity index (χ3n) is 5.18. The molecule has 3 N–H and O–H groups in total. The van der Waals surface area contributed by atoms with Gasteiger partial charge in [0.15, 0.2) is 0 Å². The summed E-state index contributed by atoms with van der Waals surface area (Å²) in [4.78, 5) is 32.8. The Balaban J connectivity index is 1.65. The lowest BCUT2D eigenvalue weighted by Crippen LogP contribution is -2.46. The molecule has 2 aliphatic heterocycles. The minimum Gasteiger partial charge on any atom is -0.496 e. The van der Waals surface area contributed by atoms with Gasteiger partial charge in [-0.3, -0.25) is 15.1 Å². The van der Waals surface area contributed by atoms with Crippen molar-refractivity contribution in [2.24, 2.45) is 4.99 Å². The first-order valence-electron chi connectivity index (χ1n) is 10.1. The molecule has 0 aliphatic carbocycles. The molecule has 12 heteroatoms. The molecule has 0 unspecified atom stereocenters. The number of aromatic carboxylic acids is 1. The number of methoxy groups -OCH3 is 1. The standard InChI is InChI=1S/C21H22N6O6/c1-32-17-8-15(7-16(9-17)27(30)31)24-21-23-12-18(13-6-14(20(28)29)11-22-10-13)19(25-21)26-2-4-33-5-3-26/h6-11H,2-5,12H2,1H3,(H,28,29)(H2,23,24,25).